The fourth-order valence-electron chi connectivity index (χ4n) is 3.91. The summed E-state index contributed by atoms with van der Waals surface area (Å²) >= 11 is 0. The quantitative estimate of drug-likeness (QED) is 0.868. The van der Waals surface area contributed by atoms with E-state index in [1.54, 1.807) is 6.20 Å². The van der Waals surface area contributed by atoms with E-state index in [9.17, 15) is 9.59 Å². The van der Waals surface area contributed by atoms with Gasteiger partial charge in [-0.1, -0.05) is 6.08 Å². The maximum absolute atomic E-state index is 12.7. The zero-order chi connectivity index (χ0) is 17.4. The van der Waals surface area contributed by atoms with Gasteiger partial charge >= 0.3 is 6.03 Å². The molecule has 2 aliphatic heterocycles. The molecule has 3 aliphatic rings. The molecule has 25 heavy (non-hydrogen) atoms. The van der Waals surface area contributed by atoms with Crippen molar-refractivity contribution < 1.29 is 9.59 Å². The number of carbonyl (C=O) groups excluding carboxylic acids is 2. The zero-order valence-electron chi connectivity index (χ0n) is 14.6. The van der Waals surface area contributed by atoms with Crippen LogP contribution >= 0.6 is 0 Å². The van der Waals surface area contributed by atoms with Crippen LogP contribution in [0.25, 0.3) is 5.57 Å². The predicted octanol–water partition coefficient (Wildman–Crippen LogP) is 1.28. The van der Waals surface area contributed by atoms with Gasteiger partial charge in [-0.05, 0) is 43.2 Å². The fraction of sp³-hybridized carbons (Fsp3) is 0.611. The molecule has 0 unspecified atom stereocenters. The molecule has 4 rings (SSSR count). The van der Waals surface area contributed by atoms with E-state index in [-0.39, 0.29) is 24.0 Å². The van der Waals surface area contributed by atoms with E-state index < -0.39 is 0 Å². The number of carbonyl (C=O) groups is 2. The Hall–Kier alpha value is -2.31. The average Bonchev–Trinajstić information content (AvgIpc) is 3.37. The smallest absolute Gasteiger partial charge is 0.317 e. The molecule has 0 radical (unpaired) electrons. The van der Waals surface area contributed by atoms with Crippen molar-refractivity contribution in [1.82, 2.24) is 25.3 Å². The minimum Gasteiger partial charge on any atom is -0.351 e. The number of hydrogen-bond acceptors (Lipinski definition) is 3. The molecule has 1 aromatic heterocycles. The Morgan fingerprint density at radius 1 is 1.32 bits per heavy atom. The van der Waals surface area contributed by atoms with E-state index >= 15 is 0 Å². The highest BCUT2D eigenvalue weighted by molar-refractivity contribution is 5.79. The fourth-order valence-corrected chi connectivity index (χ4v) is 3.91. The molecule has 2 atom stereocenters. The van der Waals surface area contributed by atoms with Gasteiger partial charge < -0.3 is 15.5 Å². The summed E-state index contributed by atoms with van der Waals surface area (Å²) in [6.45, 7) is 1.32. The van der Waals surface area contributed by atoms with Gasteiger partial charge in [-0.15, -0.1) is 0 Å². The summed E-state index contributed by atoms with van der Waals surface area (Å²) < 4.78 is 1.87. The van der Waals surface area contributed by atoms with Crippen LogP contribution in [-0.4, -0.2) is 51.8 Å². The van der Waals surface area contributed by atoms with Gasteiger partial charge in [0.15, 0.2) is 0 Å². The van der Waals surface area contributed by atoms with E-state index in [4.69, 9.17) is 0 Å². The monoisotopic (exact) mass is 343 g/mol. The van der Waals surface area contributed by atoms with Gasteiger partial charge in [0.05, 0.1) is 17.8 Å². The number of hydrogen-bond donors (Lipinski definition) is 2. The van der Waals surface area contributed by atoms with Gasteiger partial charge in [0, 0.05) is 32.8 Å². The Bertz CT molecular complexity index is 706. The highest BCUT2D eigenvalue weighted by Crippen LogP contribution is 2.36. The van der Waals surface area contributed by atoms with E-state index in [1.165, 1.54) is 5.57 Å². The summed E-state index contributed by atoms with van der Waals surface area (Å²) in [6.07, 6.45) is 8.28. The van der Waals surface area contributed by atoms with Gasteiger partial charge in [-0.2, -0.15) is 5.10 Å². The molecule has 1 aliphatic carbocycles. The van der Waals surface area contributed by atoms with E-state index in [1.807, 2.05) is 22.7 Å². The highest BCUT2D eigenvalue weighted by atomic mass is 16.2. The molecule has 7 nitrogen and oxygen atoms in total. The Morgan fingerprint density at radius 3 is 2.80 bits per heavy atom. The van der Waals surface area contributed by atoms with Crippen molar-refractivity contribution in [2.75, 3.05) is 13.1 Å². The van der Waals surface area contributed by atoms with Crippen LogP contribution in [0.2, 0.25) is 0 Å². The molecule has 1 aromatic rings. The maximum Gasteiger partial charge on any atom is 0.317 e. The van der Waals surface area contributed by atoms with E-state index in [0.717, 1.165) is 31.4 Å². The van der Waals surface area contributed by atoms with Gasteiger partial charge in [-0.25, -0.2) is 4.79 Å². The summed E-state index contributed by atoms with van der Waals surface area (Å²) in [5.41, 5.74) is 2.36. The number of piperidine rings is 1. The van der Waals surface area contributed by atoms with Crippen molar-refractivity contribution in [3.63, 3.8) is 0 Å². The predicted molar refractivity (Wildman–Crippen MR) is 93.6 cm³/mol. The molecule has 7 heteroatoms. The average molecular weight is 343 g/mol. The van der Waals surface area contributed by atoms with Crippen LogP contribution in [0.15, 0.2) is 18.3 Å². The third-order valence-electron chi connectivity index (χ3n) is 5.53. The summed E-state index contributed by atoms with van der Waals surface area (Å²) in [4.78, 5) is 26.2. The van der Waals surface area contributed by atoms with Gasteiger partial charge in [0.25, 0.3) is 0 Å². The standard InChI is InChI=1S/C18H25N5O2/c1-22-15(6-9-19-22)12-7-10-23(11-8-12)18(25)20-14-4-5-16(24)21-17(14)13-2-3-13/h6-7,9,13-14,17H,2-5,8,10-11H2,1H3,(H,20,25)(H,21,24)/t14-,17+/m0/s1. The molecule has 3 amide bonds. The van der Waals surface area contributed by atoms with Crippen molar-refractivity contribution in [3.8, 4) is 0 Å². The Morgan fingerprint density at radius 2 is 2.16 bits per heavy atom. The van der Waals surface area contributed by atoms with Crippen LogP contribution < -0.4 is 10.6 Å². The first-order valence-corrected chi connectivity index (χ1v) is 9.14. The molecule has 0 spiro atoms. The normalized spacial score (nSPS) is 26.8. The van der Waals surface area contributed by atoms with Crippen LogP contribution in [0.4, 0.5) is 4.79 Å². The summed E-state index contributed by atoms with van der Waals surface area (Å²) in [5, 5.41) is 10.5. The molecule has 1 saturated carbocycles. The minimum atomic E-state index is -0.0212. The lowest BCUT2D eigenvalue weighted by Crippen LogP contribution is -2.58. The van der Waals surface area contributed by atoms with Gasteiger partial charge in [0.1, 0.15) is 0 Å². The van der Waals surface area contributed by atoms with Crippen molar-refractivity contribution in [3.05, 3.63) is 24.0 Å². The van der Waals surface area contributed by atoms with Crippen molar-refractivity contribution in [2.45, 2.75) is 44.2 Å². The summed E-state index contributed by atoms with van der Waals surface area (Å²) in [5.74, 6) is 0.649. The second kappa shape index (κ2) is 6.54. The number of nitrogens with zero attached hydrogens (tertiary/aromatic N) is 3. The Labute approximate surface area is 147 Å². The zero-order valence-corrected chi connectivity index (χ0v) is 14.6. The molecule has 2 N–H and O–H groups in total. The largest absolute Gasteiger partial charge is 0.351 e. The Kier molecular flexibility index (Phi) is 4.23. The molecule has 0 aromatic carbocycles. The van der Waals surface area contributed by atoms with E-state index in [0.29, 0.717) is 25.4 Å². The van der Waals surface area contributed by atoms with Crippen LogP contribution in [0.3, 0.4) is 0 Å². The molecule has 3 heterocycles. The lowest BCUT2D eigenvalue weighted by molar-refractivity contribution is -0.124. The number of aryl methyl sites for hydroxylation is 1. The highest BCUT2D eigenvalue weighted by Gasteiger charge is 2.41. The lowest BCUT2D eigenvalue weighted by atomic mass is 9.94. The van der Waals surface area contributed by atoms with Gasteiger partial charge in [0.2, 0.25) is 5.91 Å². The first-order valence-electron chi connectivity index (χ1n) is 9.14. The second-order valence-electron chi connectivity index (χ2n) is 7.29. The third-order valence-corrected chi connectivity index (χ3v) is 5.53. The van der Waals surface area contributed by atoms with Crippen LogP contribution in [-0.2, 0) is 11.8 Å². The van der Waals surface area contributed by atoms with Crippen LogP contribution in [0, 0.1) is 5.92 Å². The number of nitrogens with one attached hydrogen (secondary N) is 2. The van der Waals surface area contributed by atoms with Crippen molar-refractivity contribution >= 4 is 17.5 Å². The molecular formula is C18H25N5O2. The number of amides is 3. The number of aromatic nitrogens is 2. The lowest BCUT2D eigenvalue weighted by Gasteiger charge is -2.35. The number of urea groups is 1. The van der Waals surface area contributed by atoms with Gasteiger partial charge in [-0.3, -0.25) is 9.48 Å². The van der Waals surface area contributed by atoms with Crippen molar-refractivity contribution in [1.29, 1.82) is 0 Å². The SMILES string of the molecule is Cn1nccc1C1=CCN(C(=O)N[C@H]2CCC(=O)N[C@@H]2C2CC2)CC1. The summed E-state index contributed by atoms with van der Waals surface area (Å²) in [6, 6.07) is 2.15. The second-order valence-corrected chi connectivity index (χ2v) is 7.29. The Balaban J connectivity index is 1.36. The minimum absolute atomic E-state index is 0.0212. The van der Waals surface area contributed by atoms with Crippen LogP contribution in [0.5, 0.6) is 0 Å². The maximum atomic E-state index is 12.7. The number of rotatable bonds is 3. The van der Waals surface area contributed by atoms with Crippen LogP contribution in [0.1, 0.15) is 37.8 Å². The molecule has 134 valence electrons. The summed E-state index contributed by atoms with van der Waals surface area (Å²) in [7, 11) is 1.94. The molecular weight excluding hydrogens is 318 g/mol. The first kappa shape index (κ1) is 16.2. The van der Waals surface area contributed by atoms with E-state index in [2.05, 4.69) is 21.8 Å². The first-order chi connectivity index (χ1) is 12.1. The molecule has 0 bridgehead atoms. The van der Waals surface area contributed by atoms with Crippen molar-refractivity contribution in [2.24, 2.45) is 13.0 Å². The third kappa shape index (κ3) is 3.41. The topological polar surface area (TPSA) is 79.3 Å². The molecule has 2 fully saturated rings. The molecule has 1 saturated heterocycles.